The van der Waals surface area contributed by atoms with Crippen molar-refractivity contribution in [3.05, 3.63) is 53.0 Å². The second-order valence-corrected chi connectivity index (χ2v) is 4.67. The number of anilines is 1. The molecule has 0 fully saturated rings. The van der Waals surface area contributed by atoms with Crippen LogP contribution in [0.25, 0.3) is 0 Å². The Bertz CT molecular complexity index is 727. The Balaban J connectivity index is 2.37. The van der Waals surface area contributed by atoms with E-state index in [2.05, 4.69) is 14.8 Å². The van der Waals surface area contributed by atoms with Gasteiger partial charge in [-0.1, -0.05) is 0 Å². The molecule has 1 heterocycles. The van der Waals surface area contributed by atoms with E-state index in [0.29, 0.717) is 5.56 Å². The number of hydrogen-bond donors (Lipinski definition) is 1. The molecule has 1 N–H and O–H groups in total. The summed E-state index contributed by atoms with van der Waals surface area (Å²) in [5, 5.41) is 2.58. The molecule has 7 heteroatoms. The maximum absolute atomic E-state index is 12.2. The largest absolute Gasteiger partial charge is 0.465 e. The minimum atomic E-state index is -0.638. The second-order valence-electron chi connectivity index (χ2n) is 4.67. The molecule has 23 heavy (non-hydrogen) atoms. The summed E-state index contributed by atoms with van der Waals surface area (Å²) in [6, 6.07) is 5.77. The fourth-order valence-electron chi connectivity index (χ4n) is 1.96. The van der Waals surface area contributed by atoms with Crippen molar-refractivity contribution in [1.82, 2.24) is 0 Å². The molecule has 0 aliphatic heterocycles. The van der Waals surface area contributed by atoms with E-state index >= 15 is 0 Å². The van der Waals surface area contributed by atoms with Crippen LogP contribution in [0.1, 0.15) is 36.8 Å². The molecule has 120 valence electrons. The Kier molecular flexibility index (Phi) is 4.80. The summed E-state index contributed by atoms with van der Waals surface area (Å²) in [7, 11) is 2.44. The van der Waals surface area contributed by atoms with E-state index in [0.717, 1.165) is 0 Å². The molecule has 0 radical (unpaired) electrons. The molecule has 1 amide bonds. The Labute approximate surface area is 132 Å². The van der Waals surface area contributed by atoms with Gasteiger partial charge >= 0.3 is 11.9 Å². The van der Waals surface area contributed by atoms with Crippen molar-refractivity contribution in [3.8, 4) is 0 Å². The fraction of sp³-hybridized carbons (Fsp3) is 0.188. The number of hydrogen-bond acceptors (Lipinski definition) is 6. The van der Waals surface area contributed by atoms with Crippen molar-refractivity contribution in [2.45, 2.75) is 6.92 Å². The molecule has 0 atom stereocenters. The number of rotatable bonds is 4. The van der Waals surface area contributed by atoms with Crippen LogP contribution in [0, 0.1) is 6.92 Å². The van der Waals surface area contributed by atoms with Gasteiger partial charge in [0.05, 0.1) is 31.6 Å². The van der Waals surface area contributed by atoms with E-state index < -0.39 is 17.8 Å². The zero-order valence-corrected chi connectivity index (χ0v) is 12.8. The first-order valence-electron chi connectivity index (χ1n) is 6.63. The molecule has 0 saturated heterocycles. The third-order valence-corrected chi connectivity index (χ3v) is 3.10. The summed E-state index contributed by atoms with van der Waals surface area (Å²) in [5.41, 5.74) is 1.14. The van der Waals surface area contributed by atoms with Crippen LogP contribution in [0.5, 0.6) is 0 Å². The summed E-state index contributed by atoms with van der Waals surface area (Å²) >= 11 is 0. The first kappa shape index (κ1) is 16.3. The molecule has 0 aliphatic carbocycles. The van der Waals surface area contributed by atoms with Crippen LogP contribution in [-0.4, -0.2) is 32.1 Å². The van der Waals surface area contributed by atoms with Crippen molar-refractivity contribution in [1.29, 1.82) is 0 Å². The first-order valence-corrected chi connectivity index (χ1v) is 6.63. The van der Waals surface area contributed by atoms with Gasteiger partial charge in [-0.25, -0.2) is 9.59 Å². The molecule has 0 unspecified atom stereocenters. The second kappa shape index (κ2) is 6.78. The maximum atomic E-state index is 12.2. The molecule has 2 aromatic rings. The number of esters is 2. The van der Waals surface area contributed by atoms with Crippen LogP contribution >= 0.6 is 0 Å². The highest BCUT2D eigenvalue weighted by atomic mass is 16.5. The van der Waals surface area contributed by atoms with Crippen LogP contribution < -0.4 is 5.32 Å². The summed E-state index contributed by atoms with van der Waals surface area (Å²) in [5.74, 6) is -1.63. The number of nitrogens with one attached hydrogen (secondary N) is 1. The fourth-order valence-corrected chi connectivity index (χ4v) is 1.96. The molecule has 1 aromatic heterocycles. The van der Waals surface area contributed by atoms with E-state index in [1.54, 1.807) is 13.0 Å². The zero-order valence-electron chi connectivity index (χ0n) is 12.8. The van der Waals surface area contributed by atoms with Gasteiger partial charge in [0.1, 0.15) is 0 Å². The normalized spacial score (nSPS) is 10.0. The minimum Gasteiger partial charge on any atom is -0.465 e. The van der Waals surface area contributed by atoms with Gasteiger partial charge in [-0.15, -0.1) is 0 Å². The lowest BCUT2D eigenvalue weighted by Gasteiger charge is -2.09. The first-order chi connectivity index (χ1) is 11.0. The quantitative estimate of drug-likeness (QED) is 0.870. The number of methoxy groups -OCH3 is 2. The smallest absolute Gasteiger partial charge is 0.337 e. The van der Waals surface area contributed by atoms with E-state index in [4.69, 9.17) is 4.42 Å². The Morgan fingerprint density at radius 1 is 1.00 bits per heavy atom. The number of aryl methyl sites for hydroxylation is 1. The zero-order chi connectivity index (χ0) is 17.0. The summed E-state index contributed by atoms with van der Waals surface area (Å²) in [4.78, 5) is 35.5. The number of carbonyl (C=O) groups is 3. The van der Waals surface area contributed by atoms with Gasteiger partial charge in [0.25, 0.3) is 5.91 Å². The van der Waals surface area contributed by atoms with Gasteiger partial charge in [-0.05, 0) is 31.2 Å². The maximum Gasteiger partial charge on any atom is 0.337 e. The minimum absolute atomic E-state index is 0.113. The number of carbonyl (C=O) groups excluding carboxylic acids is 3. The number of furan rings is 1. The highest BCUT2D eigenvalue weighted by molar-refractivity contribution is 6.05. The lowest BCUT2D eigenvalue weighted by Crippen LogP contribution is -2.14. The topological polar surface area (TPSA) is 94.8 Å². The summed E-state index contributed by atoms with van der Waals surface area (Å²) < 4.78 is 14.4. The van der Waals surface area contributed by atoms with Crippen LogP contribution in [0.4, 0.5) is 5.69 Å². The van der Waals surface area contributed by atoms with Crippen molar-refractivity contribution in [2.24, 2.45) is 0 Å². The standard InChI is InChI=1S/C16H15NO6/c1-9-4-5-23-13(9)14(18)17-12-7-10(15(19)21-2)6-11(8-12)16(20)22-3/h4-8H,1-3H3,(H,17,18). The van der Waals surface area contributed by atoms with Crippen molar-refractivity contribution < 1.29 is 28.3 Å². The van der Waals surface area contributed by atoms with Gasteiger partial charge in [-0.3, -0.25) is 4.79 Å². The van der Waals surface area contributed by atoms with E-state index in [9.17, 15) is 14.4 Å². The molecule has 0 spiro atoms. The van der Waals surface area contributed by atoms with Crippen molar-refractivity contribution >= 4 is 23.5 Å². The molecule has 0 bridgehead atoms. The van der Waals surface area contributed by atoms with Gasteiger partial charge in [-0.2, -0.15) is 0 Å². The summed E-state index contributed by atoms with van der Waals surface area (Å²) in [6.07, 6.45) is 1.40. The van der Waals surface area contributed by atoms with E-state index in [-0.39, 0.29) is 22.6 Å². The molecular weight excluding hydrogens is 302 g/mol. The van der Waals surface area contributed by atoms with Crippen molar-refractivity contribution in [3.63, 3.8) is 0 Å². The van der Waals surface area contributed by atoms with Crippen LogP contribution in [0.2, 0.25) is 0 Å². The van der Waals surface area contributed by atoms with E-state index in [1.165, 1.54) is 38.7 Å². The predicted octanol–water partition coefficient (Wildman–Crippen LogP) is 2.41. The highest BCUT2D eigenvalue weighted by Crippen LogP contribution is 2.19. The van der Waals surface area contributed by atoms with Gasteiger partial charge in [0, 0.05) is 11.3 Å². The average molecular weight is 317 g/mol. The number of benzene rings is 1. The molecule has 2 rings (SSSR count). The SMILES string of the molecule is COC(=O)c1cc(NC(=O)c2occc2C)cc(C(=O)OC)c1. The Morgan fingerprint density at radius 2 is 1.57 bits per heavy atom. The van der Waals surface area contributed by atoms with Gasteiger partial charge in [0.15, 0.2) is 5.76 Å². The molecular formula is C16H15NO6. The van der Waals surface area contributed by atoms with Crippen LogP contribution in [0.15, 0.2) is 34.9 Å². The van der Waals surface area contributed by atoms with Crippen molar-refractivity contribution in [2.75, 3.05) is 19.5 Å². The molecule has 0 saturated carbocycles. The highest BCUT2D eigenvalue weighted by Gasteiger charge is 2.17. The monoisotopic (exact) mass is 317 g/mol. The van der Waals surface area contributed by atoms with Crippen LogP contribution in [0.3, 0.4) is 0 Å². The third-order valence-electron chi connectivity index (χ3n) is 3.10. The number of amides is 1. The van der Waals surface area contributed by atoms with Gasteiger partial charge < -0.3 is 19.2 Å². The number of ether oxygens (including phenoxy) is 2. The van der Waals surface area contributed by atoms with E-state index in [1.807, 2.05) is 0 Å². The molecule has 1 aromatic carbocycles. The molecule has 0 aliphatic rings. The average Bonchev–Trinajstić information content (AvgIpc) is 2.99. The summed E-state index contributed by atoms with van der Waals surface area (Å²) in [6.45, 7) is 1.73. The van der Waals surface area contributed by atoms with Crippen LogP contribution in [-0.2, 0) is 9.47 Å². The Morgan fingerprint density at radius 3 is 2.00 bits per heavy atom. The lowest BCUT2D eigenvalue weighted by atomic mass is 10.1. The third kappa shape index (κ3) is 3.57. The van der Waals surface area contributed by atoms with Gasteiger partial charge in [0.2, 0.25) is 0 Å². The lowest BCUT2D eigenvalue weighted by molar-refractivity contribution is 0.0599. The molecule has 7 nitrogen and oxygen atoms in total. The Hall–Kier alpha value is -3.09. The predicted molar refractivity (Wildman–Crippen MR) is 80.5 cm³/mol.